The number of esters is 1. The van der Waals surface area contributed by atoms with Gasteiger partial charge >= 0.3 is 5.97 Å². The van der Waals surface area contributed by atoms with Gasteiger partial charge < -0.3 is 9.84 Å². The predicted molar refractivity (Wildman–Crippen MR) is 71.9 cm³/mol. The number of benzene rings is 1. The Morgan fingerprint density at radius 2 is 2.06 bits per heavy atom. The average molecular weight is 246 g/mol. The van der Waals surface area contributed by atoms with Crippen LogP contribution in [0.3, 0.4) is 0 Å². The lowest BCUT2D eigenvalue weighted by Gasteiger charge is -2.27. The second-order valence-electron chi connectivity index (χ2n) is 4.24. The summed E-state index contributed by atoms with van der Waals surface area (Å²) in [5.74, 6) is -0.451. The van der Waals surface area contributed by atoms with E-state index in [1.54, 1.807) is 19.1 Å². The summed E-state index contributed by atoms with van der Waals surface area (Å²) in [6.45, 7) is 6.43. The molecule has 0 spiro atoms. The molecule has 18 heavy (non-hydrogen) atoms. The number of ether oxygens (including phenoxy) is 1. The quantitative estimate of drug-likeness (QED) is 0.641. The summed E-state index contributed by atoms with van der Waals surface area (Å²) in [6, 6.07) is 9.57. The predicted octanol–water partition coefficient (Wildman–Crippen LogP) is 2.57. The molecule has 96 valence electrons. The van der Waals surface area contributed by atoms with Crippen molar-refractivity contribution in [1.29, 1.82) is 0 Å². The SMILES string of the molecule is C=C[C@H](OC(C)=O)[C@@](C)(O)/C=C/c1ccccc1. The molecule has 0 fully saturated rings. The van der Waals surface area contributed by atoms with Crippen molar-refractivity contribution in [3.05, 3.63) is 54.6 Å². The third-order valence-corrected chi connectivity index (χ3v) is 2.50. The number of hydrogen-bond donors (Lipinski definition) is 1. The number of aliphatic hydroxyl groups is 1. The van der Waals surface area contributed by atoms with Crippen LogP contribution in [0.1, 0.15) is 19.4 Å². The Labute approximate surface area is 107 Å². The van der Waals surface area contributed by atoms with Crippen molar-refractivity contribution in [3.63, 3.8) is 0 Å². The van der Waals surface area contributed by atoms with E-state index in [4.69, 9.17) is 4.74 Å². The van der Waals surface area contributed by atoms with Crippen LogP contribution in [0.5, 0.6) is 0 Å². The molecule has 0 unspecified atom stereocenters. The zero-order chi connectivity index (χ0) is 13.6. The van der Waals surface area contributed by atoms with Crippen LogP contribution in [-0.4, -0.2) is 22.8 Å². The summed E-state index contributed by atoms with van der Waals surface area (Å²) < 4.78 is 4.99. The van der Waals surface area contributed by atoms with Crippen LogP contribution in [0.25, 0.3) is 6.08 Å². The summed E-state index contributed by atoms with van der Waals surface area (Å²) in [5.41, 5.74) is -0.327. The van der Waals surface area contributed by atoms with Crippen molar-refractivity contribution in [2.24, 2.45) is 0 Å². The topological polar surface area (TPSA) is 46.5 Å². The molecule has 3 heteroatoms. The average Bonchev–Trinajstić information content (AvgIpc) is 2.34. The normalized spacial score (nSPS) is 15.9. The lowest BCUT2D eigenvalue weighted by atomic mass is 9.97. The second-order valence-corrected chi connectivity index (χ2v) is 4.24. The number of carbonyl (C=O) groups is 1. The molecule has 0 saturated carbocycles. The molecule has 1 aromatic rings. The highest BCUT2D eigenvalue weighted by Crippen LogP contribution is 2.18. The van der Waals surface area contributed by atoms with Gasteiger partial charge in [0.05, 0.1) is 0 Å². The molecule has 0 aliphatic rings. The number of rotatable bonds is 5. The Morgan fingerprint density at radius 3 is 2.56 bits per heavy atom. The van der Waals surface area contributed by atoms with Crippen LogP contribution in [0.2, 0.25) is 0 Å². The van der Waals surface area contributed by atoms with Crippen molar-refractivity contribution >= 4 is 12.0 Å². The monoisotopic (exact) mass is 246 g/mol. The molecule has 0 heterocycles. The van der Waals surface area contributed by atoms with E-state index in [-0.39, 0.29) is 0 Å². The van der Waals surface area contributed by atoms with E-state index in [0.29, 0.717) is 0 Å². The van der Waals surface area contributed by atoms with Gasteiger partial charge in [0, 0.05) is 6.92 Å². The van der Waals surface area contributed by atoms with E-state index in [9.17, 15) is 9.90 Å². The van der Waals surface area contributed by atoms with Gasteiger partial charge in [0.1, 0.15) is 5.60 Å². The molecular weight excluding hydrogens is 228 g/mol. The molecule has 0 saturated heterocycles. The first-order valence-electron chi connectivity index (χ1n) is 5.72. The summed E-state index contributed by atoms with van der Waals surface area (Å²) >= 11 is 0. The summed E-state index contributed by atoms with van der Waals surface area (Å²) in [7, 11) is 0. The lowest BCUT2D eigenvalue weighted by molar-refractivity contribution is -0.152. The molecule has 3 nitrogen and oxygen atoms in total. The first kappa shape index (κ1) is 14.2. The van der Waals surface area contributed by atoms with Gasteiger partial charge in [-0.2, -0.15) is 0 Å². The van der Waals surface area contributed by atoms with Gasteiger partial charge in [-0.15, -0.1) is 0 Å². The van der Waals surface area contributed by atoms with Crippen LogP contribution in [0.4, 0.5) is 0 Å². The highest BCUT2D eigenvalue weighted by atomic mass is 16.6. The largest absolute Gasteiger partial charge is 0.455 e. The zero-order valence-corrected chi connectivity index (χ0v) is 10.7. The van der Waals surface area contributed by atoms with E-state index in [1.807, 2.05) is 30.3 Å². The molecule has 0 aliphatic heterocycles. The first-order valence-corrected chi connectivity index (χ1v) is 5.72. The minimum absolute atomic E-state index is 0.451. The van der Waals surface area contributed by atoms with Gasteiger partial charge in [0.15, 0.2) is 6.10 Å². The van der Waals surface area contributed by atoms with Gasteiger partial charge in [-0.05, 0) is 24.6 Å². The van der Waals surface area contributed by atoms with E-state index < -0.39 is 17.7 Å². The molecule has 0 bridgehead atoms. The van der Waals surface area contributed by atoms with E-state index in [0.717, 1.165) is 5.56 Å². The van der Waals surface area contributed by atoms with Crippen LogP contribution in [-0.2, 0) is 9.53 Å². The van der Waals surface area contributed by atoms with E-state index >= 15 is 0 Å². The highest BCUT2D eigenvalue weighted by molar-refractivity contribution is 5.66. The maximum absolute atomic E-state index is 10.9. The fourth-order valence-electron chi connectivity index (χ4n) is 1.51. The molecule has 0 aliphatic carbocycles. The Morgan fingerprint density at radius 1 is 1.44 bits per heavy atom. The van der Waals surface area contributed by atoms with Gasteiger partial charge in [0.2, 0.25) is 0 Å². The molecule has 0 aromatic heterocycles. The fraction of sp³-hybridized carbons (Fsp3) is 0.267. The van der Waals surface area contributed by atoms with Gasteiger partial charge in [0.25, 0.3) is 0 Å². The maximum atomic E-state index is 10.9. The molecule has 2 atom stereocenters. The minimum Gasteiger partial charge on any atom is -0.455 e. The first-order chi connectivity index (χ1) is 8.45. The number of carbonyl (C=O) groups excluding carboxylic acids is 1. The van der Waals surface area contributed by atoms with Gasteiger partial charge in [-0.25, -0.2) is 0 Å². The van der Waals surface area contributed by atoms with Crippen molar-refractivity contribution < 1.29 is 14.6 Å². The summed E-state index contributed by atoms with van der Waals surface area (Å²) in [6.07, 6.45) is 4.02. The molecule has 1 N–H and O–H groups in total. The molecule has 1 rings (SSSR count). The van der Waals surface area contributed by atoms with Crippen LogP contribution >= 0.6 is 0 Å². The van der Waals surface area contributed by atoms with Crippen LogP contribution in [0.15, 0.2) is 49.1 Å². The smallest absolute Gasteiger partial charge is 0.303 e. The minimum atomic E-state index is -1.29. The van der Waals surface area contributed by atoms with Crippen LogP contribution in [0, 0.1) is 0 Å². The van der Waals surface area contributed by atoms with Crippen molar-refractivity contribution in [2.75, 3.05) is 0 Å². The molecule has 0 radical (unpaired) electrons. The highest BCUT2D eigenvalue weighted by Gasteiger charge is 2.29. The van der Waals surface area contributed by atoms with Crippen LogP contribution < -0.4 is 0 Å². The third-order valence-electron chi connectivity index (χ3n) is 2.50. The standard InChI is InChI=1S/C15H18O3/c1-4-14(18-12(2)16)15(3,17)11-10-13-8-6-5-7-9-13/h4-11,14,17H,1H2,2-3H3/b11-10+/t14-,15-/m0/s1. The Bertz CT molecular complexity index is 432. The van der Waals surface area contributed by atoms with Crippen molar-refractivity contribution in [1.82, 2.24) is 0 Å². The summed E-state index contributed by atoms with van der Waals surface area (Å²) in [4.78, 5) is 10.9. The Balaban J connectivity index is 2.82. The molecular formula is C15H18O3. The Hall–Kier alpha value is -1.87. The second kappa shape index (κ2) is 6.17. The fourth-order valence-corrected chi connectivity index (χ4v) is 1.51. The lowest BCUT2D eigenvalue weighted by Crippen LogP contribution is -2.38. The molecule has 1 aromatic carbocycles. The number of hydrogen-bond acceptors (Lipinski definition) is 3. The van der Waals surface area contributed by atoms with E-state index in [1.165, 1.54) is 13.0 Å². The van der Waals surface area contributed by atoms with E-state index in [2.05, 4.69) is 6.58 Å². The van der Waals surface area contributed by atoms with Gasteiger partial charge in [-0.3, -0.25) is 4.79 Å². The van der Waals surface area contributed by atoms with Gasteiger partial charge in [-0.1, -0.05) is 43.0 Å². The Kier molecular flexibility index (Phi) is 4.86. The van der Waals surface area contributed by atoms with Crippen molar-refractivity contribution in [2.45, 2.75) is 25.6 Å². The third kappa shape index (κ3) is 4.18. The maximum Gasteiger partial charge on any atom is 0.303 e. The summed E-state index contributed by atoms with van der Waals surface area (Å²) in [5, 5.41) is 10.2. The zero-order valence-electron chi connectivity index (χ0n) is 10.7. The van der Waals surface area contributed by atoms with Crippen molar-refractivity contribution in [3.8, 4) is 0 Å². The molecule has 0 amide bonds.